The third kappa shape index (κ3) is 3.57. The zero-order chi connectivity index (χ0) is 8.81. The molecule has 1 heterocycles. The molecule has 1 atom stereocenters. The Hall–Kier alpha value is -0.770. The third-order valence-electron chi connectivity index (χ3n) is 2.16. The van der Waals surface area contributed by atoms with E-state index < -0.39 is 0 Å². The SMILES string of the molecule is NC(N)=NCC1CCCCCN1. The normalized spacial score (nSPS) is 24.5. The van der Waals surface area contributed by atoms with Crippen LogP contribution in [0.4, 0.5) is 0 Å². The maximum Gasteiger partial charge on any atom is 0.185 e. The first kappa shape index (κ1) is 9.32. The Balaban J connectivity index is 2.25. The highest BCUT2D eigenvalue weighted by Gasteiger charge is 2.09. The summed E-state index contributed by atoms with van der Waals surface area (Å²) in [6.45, 7) is 1.83. The fourth-order valence-corrected chi connectivity index (χ4v) is 1.47. The van der Waals surface area contributed by atoms with Crippen LogP contribution < -0.4 is 16.8 Å². The molecule has 5 N–H and O–H groups in total. The number of guanidine groups is 1. The first-order valence-corrected chi connectivity index (χ1v) is 4.58. The number of aliphatic imine (C=N–C) groups is 1. The van der Waals surface area contributed by atoms with Gasteiger partial charge in [0.25, 0.3) is 0 Å². The maximum atomic E-state index is 5.25. The summed E-state index contributed by atoms with van der Waals surface area (Å²) < 4.78 is 0. The third-order valence-corrected chi connectivity index (χ3v) is 2.16. The minimum atomic E-state index is 0.195. The minimum Gasteiger partial charge on any atom is -0.370 e. The van der Waals surface area contributed by atoms with Crippen molar-refractivity contribution in [3.05, 3.63) is 0 Å². The molecule has 1 fully saturated rings. The van der Waals surface area contributed by atoms with Gasteiger partial charge in [-0.2, -0.15) is 0 Å². The molecular weight excluding hydrogens is 152 g/mol. The lowest BCUT2D eigenvalue weighted by Crippen LogP contribution is -2.33. The van der Waals surface area contributed by atoms with Crippen LogP contribution in [0, 0.1) is 0 Å². The van der Waals surface area contributed by atoms with Crippen LogP contribution >= 0.6 is 0 Å². The molecule has 4 heteroatoms. The predicted molar refractivity (Wildman–Crippen MR) is 50.9 cm³/mol. The Kier molecular flexibility index (Phi) is 3.87. The average molecular weight is 170 g/mol. The summed E-state index contributed by atoms with van der Waals surface area (Å²) in [6, 6.07) is 0.481. The van der Waals surface area contributed by atoms with Crippen LogP contribution in [0.2, 0.25) is 0 Å². The molecule has 1 unspecified atom stereocenters. The van der Waals surface area contributed by atoms with Crippen molar-refractivity contribution >= 4 is 5.96 Å². The topological polar surface area (TPSA) is 76.4 Å². The van der Waals surface area contributed by atoms with Crippen molar-refractivity contribution in [3.63, 3.8) is 0 Å². The molecule has 1 aliphatic rings. The van der Waals surface area contributed by atoms with Crippen molar-refractivity contribution in [1.29, 1.82) is 0 Å². The lowest BCUT2D eigenvalue weighted by molar-refractivity contribution is 0.519. The molecule has 12 heavy (non-hydrogen) atoms. The number of nitrogens with zero attached hydrogens (tertiary/aromatic N) is 1. The number of hydrogen-bond acceptors (Lipinski definition) is 2. The average Bonchev–Trinajstić information content (AvgIpc) is 2.28. The molecule has 0 aliphatic carbocycles. The number of nitrogens with one attached hydrogen (secondary N) is 1. The summed E-state index contributed by atoms with van der Waals surface area (Å²) in [5, 5.41) is 3.42. The van der Waals surface area contributed by atoms with E-state index in [4.69, 9.17) is 11.5 Å². The van der Waals surface area contributed by atoms with E-state index in [0.717, 1.165) is 13.1 Å². The van der Waals surface area contributed by atoms with Gasteiger partial charge in [0.15, 0.2) is 5.96 Å². The molecular formula is C8H18N4. The van der Waals surface area contributed by atoms with Crippen molar-refractivity contribution < 1.29 is 0 Å². The Labute approximate surface area is 73.4 Å². The van der Waals surface area contributed by atoms with E-state index in [1.807, 2.05) is 0 Å². The van der Waals surface area contributed by atoms with Crippen molar-refractivity contribution in [2.75, 3.05) is 13.1 Å². The van der Waals surface area contributed by atoms with Crippen molar-refractivity contribution in [2.45, 2.75) is 31.7 Å². The summed E-state index contributed by atoms with van der Waals surface area (Å²) in [7, 11) is 0. The number of nitrogens with two attached hydrogens (primary N) is 2. The van der Waals surface area contributed by atoms with Crippen LogP contribution in [-0.2, 0) is 0 Å². The van der Waals surface area contributed by atoms with Crippen LogP contribution in [0.15, 0.2) is 4.99 Å². The fourth-order valence-electron chi connectivity index (χ4n) is 1.47. The molecule has 4 nitrogen and oxygen atoms in total. The molecule has 70 valence electrons. The molecule has 0 aromatic heterocycles. The lowest BCUT2D eigenvalue weighted by atomic mass is 10.1. The highest BCUT2D eigenvalue weighted by molar-refractivity contribution is 5.75. The molecule has 1 aliphatic heterocycles. The van der Waals surface area contributed by atoms with Gasteiger partial charge >= 0.3 is 0 Å². The van der Waals surface area contributed by atoms with Gasteiger partial charge in [0.05, 0.1) is 6.54 Å². The van der Waals surface area contributed by atoms with Crippen molar-refractivity contribution in [3.8, 4) is 0 Å². The second kappa shape index (κ2) is 4.98. The van der Waals surface area contributed by atoms with E-state index in [1.54, 1.807) is 0 Å². The van der Waals surface area contributed by atoms with Crippen LogP contribution in [-0.4, -0.2) is 25.1 Å². The van der Waals surface area contributed by atoms with E-state index in [2.05, 4.69) is 10.3 Å². The van der Waals surface area contributed by atoms with Gasteiger partial charge in [-0.25, -0.2) is 0 Å². The van der Waals surface area contributed by atoms with Crippen molar-refractivity contribution in [2.24, 2.45) is 16.5 Å². The standard InChI is InChI=1S/C8H18N4/c9-8(10)12-6-7-4-2-1-3-5-11-7/h7,11H,1-6H2,(H4,9,10,12). The quantitative estimate of drug-likeness (QED) is 0.396. The van der Waals surface area contributed by atoms with Gasteiger partial charge in [0.1, 0.15) is 0 Å². The Bertz CT molecular complexity index is 143. The van der Waals surface area contributed by atoms with E-state index in [1.165, 1.54) is 25.7 Å². The summed E-state index contributed by atoms with van der Waals surface area (Å²) in [5.74, 6) is 0.195. The van der Waals surface area contributed by atoms with Gasteiger partial charge in [-0.3, -0.25) is 4.99 Å². The van der Waals surface area contributed by atoms with Crippen molar-refractivity contribution in [1.82, 2.24) is 5.32 Å². The van der Waals surface area contributed by atoms with E-state index in [0.29, 0.717) is 6.04 Å². The van der Waals surface area contributed by atoms with Gasteiger partial charge in [0.2, 0.25) is 0 Å². The number of rotatable bonds is 2. The molecule has 0 amide bonds. The first-order chi connectivity index (χ1) is 5.79. The largest absolute Gasteiger partial charge is 0.370 e. The van der Waals surface area contributed by atoms with Crippen LogP contribution in [0.3, 0.4) is 0 Å². The molecule has 0 bridgehead atoms. The first-order valence-electron chi connectivity index (χ1n) is 4.58. The molecule has 0 aromatic rings. The van der Waals surface area contributed by atoms with Crippen LogP contribution in [0.1, 0.15) is 25.7 Å². The van der Waals surface area contributed by atoms with Crippen LogP contribution in [0.5, 0.6) is 0 Å². The maximum absolute atomic E-state index is 5.25. The molecule has 0 spiro atoms. The van der Waals surface area contributed by atoms with Gasteiger partial charge in [-0.15, -0.1) is 0 Å². The molecule has 1 rings (SSSR count). The minimum absolute atomic E-state index is 0.195. The second-order valence-electron chi connectivity index (χ2n) is 3.27. The molecule has 1 saturated heterocycles. The molecule has 0 aromatic carbocycles. The highest BCUT2D eigenvalue weighted by atomic mass is 15.0. The molecule has 0 radical (unpaired) electrons. The van der Waals surface area contributed by atoms with Gasteiger partial charge < -0.3 is 16.8 Å². The summed E-state index contributed by atoms with van der Waals surface area (Å²) in [5.41, 5.74) is 10.5. The summed E-state index contributed by atoms with van der Waals surface area (Å²) in [4.78, 5) is 4.00. The van der Waals surface area contributed by atoms with Crippen LogP contribution in [0.25, 0.3) is 0 Å². The monoisotopic (exact) mass is 170 g/mol. The Morgan fingerprint density at radius 2 is 2.17 bits per heavy atom. The molecule has 0 saturated carbocycles. The van der Waals surface area contributed by atoms with Gasteiger partial charge in [-0.05, 0) is 19.4 Å². The van der Waals surface area contributed by atoms with Gasteiger partial charge in [-0.1, -0.05) is 12.8 Å². The van der Waals surface area contributed by atoms with E-state index in [9.17, 15) is 0 Å². The Morgan fingerprint density at radius 3 is 2.92 bits per heavy atom. The second-order valence-corrected chi connectivity index (χ2v) is 3.27. The zero-order valence-corrected chi connectivity index (χ0v) is 7.42. The fraction of sp³-hybridized carbons (Fsp3) is 0.875. The summed E-state index contributed by atoms with van der Waals surface area (Å²) >= 11 is 0. The van der Waals surface area contributed by atoms with E-state index in [-0.39, 0.29) is 5.96 Å². The Morgan fingerprint density at radius 1 is 1.33 bits per heavy atom. The predicted octanol–water partition coefficient (Wildman–Crippen LogP) is -0.208. The zero-order valence-electron chi connectivity index (χ0n) is 7.42. The van der Waals surface area contributed by atoms with Gasteiger partial charge in [0, 0.05) is 6.04 Å². The smallest absolute Gasteiger partial charge is 0.185 e. The van der Waals surface area contributed by atoms with E-state index >= 15 is 0 Å². The number of hydrogen-bond donors (Lipinski definition) is 3. The summed E-state index contributed by atoms with van der Waals surface area (Å²) in [6.07, 6.45) is 5.08. The highest BCUT2D eigenvalue weighted by Crippen LogP contribution is 2.08. The lowest BCUT2D eigenvalue weighted by Gasteiger charge is -2.12.